The van der Waals surface area contributed by atoms with Gasteiger partial charge in [-0.3, -0.25) is 4.79 Å². The van der Waals surface area contributed by atoms with Gasteiger partial charge in [0.2, 0.25) is 0 Å². The van der Waals surface area contributed by atoms with Crippen molar-refractivity contribution in [2.45, 2.75) is 38.5 Å². The first-order valence-electron chi connectivity index (χ1n) is 11.1. The molecule has 0 bridgehead atoms. The van der Waals surface area contributed by atoms with E-state index in [0.717, 1.165) is 19.2 Å². The van der Waals surface area contributed by atoms with Crippen molar-refractivity contribution in [3.63, 3.8) is 0 Å². The summed E-state index contributed by atoms with van der Waals surface area (Å²) in [6, 6.07) is 10.9. The minimum atomic E-state index is -4.91. The maximum Gasteiger partial charge on any atom is 0.417 e. The number of halogens is 7. The summed E-state index contributed by atoms with van der Waals surface area (Å²) >= 11 is 0. The zero-order valence-corrected chi connectivity index (χ0v) is 20.0. The first-order valence-corrected chi connectivity index (χ1v) is 11.1. The second-order valence-electron chi connectivity index (χ2n) is 8.78. The topological polar surface area (TPSA) is 35.5 Å². The summed E-state index contributed by atoms with van der Waals surface area (Å²) in [6.45, 7) is 3.43. The van der Waals surface area contributed by atoms with Gasteiger partial charge >= 0.3 is 18.3 Å². The predicted molar refractivity (Wildman–Crippen MR) is 123 cm³/mol. The Bertz CT molecular complexity index is 1250. The van der Waals surface area contributed by atoms with Gasteiger partial charge in [0.1, 0.15) is 17.3 Å². The molecular weight excluding hydrogens is 505 g/mol. The van der Waals surface area contributed by atoms with Crippen molar-refractivity contribution in [1.82, 2.24) is 0 Å². The van der Waals surface area contributed by atoms with Crippen molar-refractivity contribution in [2.24, 2.45) is 5.92 Å². The Balaban J connectivity index is 2.31. The number of hydrogen-bond acceptors (Lipinski definition) is 3. The van der Waals surface area contributed by atoms with Gasteiger partial charge in [-0.2, -0.15) is 26.3 Å². The number of rotatable bonds is 7. The molecule has 3 aromatic carbocycles. The van der Waals surface area contributed by atoms with Crippen LogP contribution in [0.15, 0.2) is 60.7 Å². The van der Waals surface area contributed by atoms with Crippen molar-refractivity contribution in [2.75, 3.05) is 7.11 Å². The third-order valence-corrected chi connectivity index (χ3v) is 5.51. The molecule has 37 heavy (non-hydrogen) atoms. The minimum absolute atomic E-state index is 0.00831. The second kappa shape index (κ2) is 10.8. The van der Waals surface area contributed by atoms with Crippen LogP contribution in [0.25, 0.3) is 11.1 Å². The van der Waals surface area contributed by atoms with Crippen molar-refractivity contribution >= 4 is 5.97 Å². The highest BCUT2D eigenvalue weighted by atomic mass is 19.4. The van der Waals surface area contributed by atoms with E-state index in [-0.39, 0.29) is 35.3 Å². The van der Waals surface area contributed by atoms with E-state index in [9.17, 15) is 35.5 Å². The van der Waals surface area contributed by atoms with Gasteiger partial charge in [0, 0.05) is 6.07 Å². The molecule has 3 nitrogen and oxygen atoms in total. The molecule has 0 aliphatic heterocycles. The van der Waals surface area contributed by atoms with E-state index in [2.05, 4.69) is 0 Å². The minimum Gasteiger partial charge on any atom is -0.469 e. The molecule has 0 saturated carbocycles. The SMILES string of the molecule is COC(=O)C(CC(C)C)c1cc(Oc2cc(F)cc(C(F)(F)F)c2)cc(-c2ccccc2)c1C(F)(F)F. The van der Waals surface area contributed by atoms with E-state index in [0.29, 0.717) is 12.1 Å². The van der Waals surface area contributed by atoms with Crippen molar-refractivity contribution in [1.29, 1.82) is 0 Å². The number of carbonyl (C=O) groups is 1. The number of methoxy groups -OCH3 is 1. The molecule has 0 amide bonds. The molecule has 0 heterocycles. The Kier molecular flexibility index (Phi) is 8.19. The van der Waals surface area contributed by atoms with Crippen LogP contribution in [0.2, 0.25) is 0 Å². The molecule has 0 aliphatic rings. The average molecular weight is 528 g/mol. The number of hydrogen-bond donors (Lipinski definition) is 0. The molecule has 0 N–H and O–H groups in total. The van der Waals surface area contributed by atoms with Crippen LogP contribution in [-0.2, 0) is 21.9 Å². The number of ether oxygens (including phenoxy) is 2. The van der Waals surface area contributed by atoms with Gasteiger partial charge in [0.05, 0.1) is 24.2 Å². The van der Waals surface area contributed by atoms with Crippen LogP contribution in [0.1, 0.15) is 42.9 Å². The van der Waals surface area contributed by atoms with Gasteiger partial charge < -0.3 is 9.47 Å². The smallest absolute Gasteiger partial charge is 0.417 e. The van der Waals surface area contributed by atoms with E-state index < -0.39 is 52.5 Å². The number of benzene rings is 3. The molecule has 1 unspecified atom stereocenters. The molecule has 0 saturated heterocycles. The average Bonchev–Trinajstić information content (AvgIpc) is 2.80. The fraction of sp³-hybridized carbons (Fsp3) is 0.296. The molecule has 0 aliphatic carbocycles. The summed E-state index contributed by atoms with van der Waals surface area (Å²) < 4.78 is 107. The van der Waals surface area contributed by atoms with E-state index in [1.165, 1.54) is 24.3 Å². The Morgan fingerprint density at radius 3 is 2.03 bits per heavy atom. The van der Waals surface area contributed by atoms with Crippen LogP contribution in [0.4, 0.5) is 30.7 Å². The summed E-state index contributed by atoms with van der Waals surface area (Å²) in [4.78, 5) is 12.6. The van der Waals surface area contributed by atoms with Crippen molar-refractivity contribution in [3.8, 4) is 22.6 Å². The first kappa shape index (κ1) is 28.0. The maximum atomic E-state index is 14.5. The Morgan fingerprint density at radius 2 is 1.49 bits per heavy atom. The predicted octanol–water partition coefficient (Wildman–Crippen LogP) is 8.63. The monoisotopic (exact) mass is 528 g/mol. The van der Waals surface area contributed by atoms with Gasteiger partial charge in [-0.15, -0.1) is 0 Å². The molecule has 0 fully saturated rings. The van der Waals surface area contributed by atoms with Crippen molar-refractivity contribution in [3.05, 3.63) is 83.2 Å². The molecule has 198 valence electrons. The third kappa shape index (κ3) is 6.81. The first-order chi connectivity index (χ1) is 17.2. The molecule has 0 radical (unpaired) electrons. The second-order valence-corrected chi connectivity index (χ2v) is 8.78. The number of esters is 1. The van der Waals surface area contributed by atoms with Crippen LogP contribution in [0.5, 0.6) is 11.5 Å². The summed E-state index contributed by atoms with van der Waals surface area (Å²) in [7, 11) is 1.05. The van der Waals surface area contributed by atoms with Crippen LogP contribution >= 0.6 is 0 Å². The molecule has 0 aromatic heterocycles. The largest absolute Gasteiger partial charge is 0.469 e. The van der Waals surface area contributed by atoms with Gasteiger partial charge in [-0.1, -0.05) is 44.2 Å². The Labute approximate surface area is 208 Å². The lowest BCUT2D eigenvalue weighted by Gasteiger charge is -2.25. The number of carbonyl (C=O) groups excluding carboxylic acids is 1. The molecule has 3 aromatic rings. The van der Waals surface area contributed by atoms with E-state index in [1.807, 2.05) is 0 Å². The van der Waals surface area contributed by atoms with Crippen LogP contribution < -0.4 is 4.74 Å². The van der Waals surface area contributed by atoms with Crippen LogP contribution in [0.3, 0.4) is 0 Å². The van der Waals surface area contributed by atoms with Gasteiger partial charge in [0.25, 0.3) is 0 Å². The van der Waals surface area contributed by atoms with Crippen LogP contribution in [-0.4, -0.2) is 13.1 Å². The highest BCUT2D eigenvalue weighted by Crippen LogP contribution is 2.46. The fourth-order valence-electron chi connectivity index (χ4n) is 4.02. The lowest BCUT2D eigenvalue weighted by molar-refractivity contribution is -0.144. The van der Waals surface area contributed by atoms with Gasteiger partial charge in [0.15, 0.2) is 0 Å². The quantitative estimate of drug-likeness (QED) is 0.228. The normalized spacial score (nSPS) is 12.9. The van der Waals surface area contributed by atoms with E-state index in [1.54, 1.807) is 19.9 Å². The zero-order chi connectivity index (χ0) is 27.5. The molecular formula is C27H23F7O3. The summed E-state index contributed by atoms with van der Waals surface area (Å²) in [5.41, 5.74) is -3.12. The molecule has 3 rings (SSSR count). The van der Waals surface area contributed by atoms with E-state index in [4.69, 9.17) is 9.47 Å². The van der Waals surface area contributed by atoms with E-state index >= 15 is 0 Å². The van der Waals surface area contributed by atoms with Crippen molar-refractivity contribution < 1.29 is 45.0 Å². The molecule has 1 atom stereocenters. The zero-order valence-electron chi connectivity index (χ0n) is 20.0. The summed E-state index contributed by atoms with van der Waals surface area (Å²) in [6.07, 6.45) is -9.80. The summed E-state index contributed by atoms with van der Waals surface area (Å²) in [5.74, 6) is -4.61. The van der Waals surface area contributed by atoms with Crippen LogP contribution in [0, 0.1) is 11.7 Å². The fourth-order valence-corrected chi connectivity index (χ4v) is 4.02. The van der Waals surface area contributed by atoms with Gasteiger partial charge in [-0.05, 0) is 53.3 Å². The lowest BCUT2D eigenvalue weighted by atomic mass is 9.83. The Morgan fingerprint density at radius 1 is 0.865 bits per heavy atom. The molecule has 0 spiro atoms. The Hall–Kier alpha value is -3.56. The molecule has 10 heteroatoms. The lowest BCUT2D eigenvalue weighted by Crippen LogP contribution is -2.22. The number of alkyl halides is 6. The highest BCUT2D eigenvalue weighted by molar-refractivity contribution is 5.82. The standard InChI is InChI=1S/C27H23F7O3/c1-15(2)9-23(25(35)36-3)22-14-20(37-19-11-17(26(29,30)31)10-18(28)12-19)13-21(24(22)27(32,33)34)16-7-5-4-6-8-16/h4-8,10-15,23H,9H2,1-3H3. The third-order valence-electron chi connectivity index (χ3n) is 5.51. The maximum absolute atomic E-state index is 14.5. The van der Waals surface area contributed by atoms with Gasteiger partial charge in [-0.25, -0.2) is 4.39 Å². The highest BCUT2D eigenvalue weighted by Gasteiger charge is 2.41. The summed E-state index contributed by atoms with van der Waals surface area (Å²) in [5, 5.41) is 0.